The Balaban J connectivity index is 0.00000312. The lowest BCUT2D eigenvalue weighted by atomic mass is 10.1. The normalized spacial score (nSPS) is 11.8. The van der Waals surface area contributed by atoms with Gasteiger partial charge in [-0.1, -0.05) is 30.3 Å². The predicted octanol–water partition coefficient (Wildman–Crippen LogP) is 2.36. The number of aliphatic imine (C=N–C) groups is 1. The Bertz CT molecular complexity index is 664. The molecule has 0 bridgehead atoms. The third-order valence-electron chi connectivity index (χ3n) is 3.50. The molecule has 0 spiro atoms. The molecule has 2 rings (SSSR count). The van der Waals surface area contributed by atoms with Gasteiger partial charge in [-0.25, -0.2) is 0 Å². The topological polar surface area (TPSA) is 78.4 Å². The van der Waals surface area contributed by atoms with Crippen LogP contribution in [0, 0.1) is 0 Å². The summed E-state index contributed by atoms with van der Waals surface area (Å²) in [5.74, 6) is 0.562. The fourth-order valence-corrected chi connectivity index (χ4v) is 2.18. The number of carbonyl (C=O) groups is 1. The van der Waals surface area contributed by atoms with Gasteiger partial charge in [0.1, 0.15) is 0 Å². The van der Waals surface area contributed by atoms with Gasteiger partial charge in [-0.3, -0.25) is 14.8 Å². The maximum atomic E-state index is 11.9. The van der Waals surface area contributed by atoms with Gasteiger partial charge in [0.05, 0.1) is 11.6 Å². The van der Waals surface area contributed by atoms with E-state index in [-0.39, 0.29) is 35.9 Å². The number of aromatic nitrogens is 1. The lowest BCUT2D eigenvalue weighted by Crippen LogP contribution is -2.42. The third kappa shape index (κ3) is 7.08. The fraction of sp³-hybridized carbons (Fsp3) is 0.278. The van der Waals surface area contributed by atoms with E-state index in [1.807, 2.05) is 18.2 Å². The summed E-state index contributed by atoms with van der Waals surface area (Å²) in [5.41, 5.74) is 1.74. The van der Waals surface area contributed by atoms with E-state index >= 15 is 0 Å². The zero-order valence-electron chi connectivity index (χ0n) is 14.4. The van der Waals surface area contributed by atoms with Crippen LogP contribution in [-0.4, -0.2) is 37.0 Å². The lowest BCUT2D eigenvalue weighted by molar-refractivity contribution is 0.0954. The highest BCUT2D eigenvalue weighted by Gasteiger charge is 2.07. The Kier molecular flexibility index (Phi) is 9.53. The van der Waals surface area contributed by atoms with Crippen molar-refractivity contribution in [3.05, 3.63) is 66.0 Å². The second kappa shape index (κ2) is 11.4. The fourth-order valence-electron chi connectivity index (χ4n) is 2.18. The monoisotopic (exact) mass is 453 g/mol. The first-order valence-electron chi connectivity index (χ1n) is 7.91. The predicted molar refractivity (Wildman–Crippen MR) is 111 cm³/mol. The smallest absolute Gasteiger partial charge is 0.252 e. The number of hydrogen-bond acceptors (Lipinski definition) is 3. The molecule has 0 aliphatic heterocycles. The van der Waals surface area contributed by atoms with Crippen LogP contribution < -0.4 is 16.0 Å². The highest BCUT2D eigenvalue weighted by Crippen LogP contribution is 2.10. The van der Waals surface area contributed by atoms with Crippen LogP contribution in [-0.2, 0) is 0 Å². The Morgan fingerprint density at radius 2 is 1.84 bits per heavy atom. The van der Waals surface area contributed by atoms with Crippen LogP contribution in [0.4, 0.5) is 0 Å². The van der Waals surface area contributed by atoms with Crippen molar-refractivity contribution in [3.8, 4) is 0 Å². The molecule has 0 radical (unpaired) electrons. The van der Waals surface area contributed by atoms with Crippen molar-refractivity contribution in [1.82, 2.24) is 20.9 Å². The molecule has 1 atom stereocenters. The number of amides is 1. The molecule has 1 heterocycles. The Labute approximate surface area is 165 Å². The van der Waals surface area contributed by atoms with Gasteiger partial charge in [0.2, 0.25) is 0 Å². The van der Waals surface area contributed by atoms with E-state index in [9.17, 15) is 4.79 Å². The number of pyridine rings is 1. The summed E-state index contributed by atoms with van der Waals surface area (Å²) < 4.78 is 0. The van der Waals surface area contributed by atoms with Gasteiger partial charge >= 0.3 is 0 Å². The minimum absolute atomic E-state index is 0. The summed E-state index contributed by atoms with van der Waals surface area (Å²) in [4.78, 5) is 20.0. The van der Waals surface area contributed by atoms with Crippen molar-refractivity contribution in [1.29, 1.82) is 0 Å². The molecule has 6 nitrogen and oxygen atoms in total. The number of carbonyl (C=O) groups excluding carboxylic acids is 1. The second-order valence-corrected chi connectivity index (χ2v) is 5.27. The van der Waals surface area contributed by atoms with E-state index in [2.05, 4.69) is 45.0 Å². The largest absolute Gasteiger partial charge is 0.355 e. The van der Waals surface area contributed by atoms with E-state index in [4.69, 9.17) is 0 Å². The molecule has 25 heavy (non-hydrogen) atoms. The summed E-state index contributed by atoms with van der Waals surface area (Å²) in [6.45, 7) is 3.15. The first kappa shape index (κ1) is 20.9. The average Bonchev–Trinajstić information content (AvgIpc) is 2.65. The van der Waals surface area contributed by atoms with Crippen LogP contribution in [0.2, 0.25) is 0 Å². The summed E-state index contributed by atoms with van der Waals surface area (Å²) in [6, 6.07) is 13.8. The molecule has 0 saturated carbocycles. The Morgan fingerprint density at radius 1 is 1.12 bits per heavy atom. The van der Waals surface area contributed by atoms with Crippen LogP contribution in [0.1, 0.15) is 28.9 Å². The summed E-state index contributed by atoms with van der Waals surface area (Å²) >= 11 is 0. The first-order chi connectivity index (χ1) is 11.7. The number of benzene rings is 1. The van der Waals surface area contributed by atoms with Gasteiger partial charge < -0.3 is 16.0 Å². The van der Waals surface area contributed by atoms with Crippen LogP contribution in [0.5, 0.6) is 0 Å². The summed E-state index contributed by atoms with van der Waals surface area (Å²) in [7, 11) is 1.72. The van der Waals surface area contributed by atoms with E-state index in [1.165, 1.54) is 5.56 Å². The second-order valence-electron chi connectivity index (χ2n) is 5.27. The van der Waals surface area contributed by atoms with Crippen molar-refractivity contribution in [2.75, 3.05) is 20.1 Å². The standard InChI is InChI=1S/C18H23N5O.HI/c1-14(15-7-4-3-5-8-15)23-18(19-2)22-12-11-21-17(24)16-9-6-10-20-13-16;/h3-10,13-14H,11-12H2,1-2H3,(H,21,24)(H2,19,22,23);1H. The maximum absolute atomic E-state index is 11.9. The Morgan fingerprint density at radius 3 is 2.48 bits per heavy atom. The molecule has 7 heteroatoms. The van der Waals surface area contributed by atoms with E-state index < -0.39 is 0 Å². The number of nitrogens with zero attached hydrogens (tertiary/aromatic N) is 2. The average molecular weight is 453 g/mol. The van der Waals surface area contributed by atoms with Crippen molar-refractivity contribution >= 4 is 35.8 Å². The summed E-state index contributed by atoms with van der Waals surface area (Å²) in [6.07, 6.45) is 3.19. The highest BCUT2D eigenvalue weighted by molar-refractivity contribution is 14.0. The third-order valence-corrected chi connectivity index (χ3v) is 3.50. The molecular weight excluding hydrogens is 429 g/mol. The van der Waals surface area contributed by atoms with Gasteiger partial charge in [-0.15, -0.1) is 24.0 Å². The molecule has 134 valence electrons. The Hall–Kier alpha value is -2.16. The van der Waals surface area contributed by atoms with Crippen LogP contribution in [0.15, 0.2) is 59.9 Å². The van der Waals surface area contributed by atoms with Gasteiger partial charge in [-0.05, 0) is 24.6 Å². The zero-order chi connectivity index (χ0) is 17.2. The van der Waals surface area contributed by atoms with Crippen molar-refractivity contribution in [2.24, 2.45) is 4.99 Å². The van der Waals surface area contributed by atoms with Crippen molar-refractivity contribution in [2.45, 2.75) is 13.0 Å². The highest BCUT2D eigenvalue weighted by atomic mass is 127. The molecule has 0 aliphatic rings. The SMILES string of the molecule is CN=C(NCCNC(=O)c1cccnc1)NC(C)c1ccccc1.I. The van der Waals surface area contributed by atoms with Crippen LogP contribution in [0.25, 0.3) is 0 Å². The lowest BCUT2D eigenvalue weighted by Gasteiger charge is -2.18. The van der Waals surface area contributed by atoms with E-state index in [1.54, 1.807) is 31.6 Å². The summed E-state index contributed by atoms with van der Waals surface area (Å²) in [5, 5.41) is 9.34. The van der Waals surface area contributed by atoms with Gasteiger partial charge in [0.15, 0.2) is 5.96 Å². The van der Waals surface area contributed by atoms with Crippen LogP contribution >= 0.6 is 24.0 Å². The molecule has 1 amide bonds. The number of halogens is 1. The molecule has 0 aliphatic carbocycles. The quantitative estimate of drug-likeness (QED) is 0.272. The van der Waals surface area contributed by atoms with Gasteiger partial charge in [0.25, 0.3) is 5.91 Å². The minimum atomic E-state index is -0.134. The molecule has 0 saturated heterocycles. The molecule has 1 aromatic heterocycles. The number of guanidine groups is 1. The van der Waals surface area contributed by atoms with Crippen molar-refractivity contribution in [3.63, 3.8) is 0 Å². The molecular formula is C18H24IN5O. The van der Waals surface area contributed by atoms with Gasteiger partial charge in [0, 0.05) is 32.5 Å². The maximum Gasteiger partial charge on any atom is 0.252 e. The zero-order valence-corrected chi connectivity index (χ0v) is 16.7. The molecule has 3 N–H and O–H groups in total. The number of rotatable bonds is 6. The van der Waals surface area contributed by atoms with Crippen LogP contribution in [0.3, 0.4) is 0 Å². The van der Waals surface area contributed by atoms with Crippen molar-refractivity contribution < 1.29 is 4.79 Å². The number of hydrogen-bond donors (Lipinski definition) is 3. The van der Waals surface area contributed by atoms with E-state index in [0.29, 0.717) is 24.6 Å². The first-order valence-corrected chi connectivity index (χ1v) is 7.91. The molecule has 2 aromatic rings. The number of nitrogens with one attached hydrogen (secondary N) is 3. The molecule has 1 unspecified atom stereocenters. The molecule has 1 aromatic carbocycles. The van der Waals surface area contributed by atoms with Gasteiger partial charge in [-0.2, -0.15) is 0 Å². The minimum Gasteiger partial charge on any atom is -0.355 e. The van der Waals surface area contributed by atoms with E-state index in [0.717, 1.165) is 0 Å². The molecule has 0 fully saturated rings.